The molecule has 0 bridgehead atoms. The van der Waals surface area contributed by atoms with Gasteiger partial charge in [-0.2, -0.15) is 0 Å². The van der Waals surface area contributed by atoms with Crippen LogP contribution in [0.2, 0.25) is 0 Å². The van der Waals surface area contributed by atoms with Crippen molar-refractivity contribution in [2.75, 3.05) is 13.2 Å². The van der Waals surface area contributed by atoms with E-state index in [1.807, 2.05) is 0 Å². The summed E-state index contributed by atoms with van der Waals surface area (Å²) < 4.78 is 0. The number of hydrogen-bond donors (Lipinski definition) is 3. The third kappa shape index (κ3) is 3.13. The van der Waals surface area contributed by atoms with Crippen molar-refractivity contribution in [3.05, 3.63) is 41.5 Å². The van der Waals surface area contributed by atoms with E-state index in [2.05, 4.69) is 41.0 Å². The van der Waals surface area contributed by atoms with Gasteiger partial charge in [-0.3, -0.25) is 4.79 Å². The molecule has 128 valence electrons. The van der Waals surface area contributed by atoms with E-state index in [0.29, 0.717) is 6.54 Å². The summed E-state index contributed by atoms with van der Waals surface area (Å²) in [6, 6.07) is 9.10. The van der Waals surface area contributed by atoms with Crippen LogP contribution in [0.4, 0.5) is 0 Å². The van der Waals surface area contributed by atoms with Gasteiger partial charge in [-0.1, -0.05) is 30.3 Å². The van der Waals surface area contributed by atoms with E-state index < -0.39 is 0 Å². The van der Waals surface area contributed by atoms with Crippen LogP contribution in [-0.4, -0.2) is 36.2 Å². The lowest BCUT2D eigenvalue weighted by atomic mass is 9.77. The third-order valence-corrected chi connectivity index (χ3v) is 5.64. The summed E-state index contributed by atoms with van der Waals surface area (Å²) in [5.41, 5.74) is 4.03. The van der Waals surface area contributed by atoms with Crippen LogP contribution in [0, 0.1) is 5.92 Å². The van der Waals surface area contributed by atoms with E-state index in [1.54, 1.807) is 0 Å². The Kier molecular flexibility index (Phi) is 4.42. The summed E-state index contributed by atoms with van der Waals surface area (Å²) >= 11 is 0. The molecule has 3 atom stereocenters. The maximum atomic E-state index is 11.8. The lowest BCUT2D eigenvalue weighted by Crippen LogP contribution is -2.64. The van der Waals surface area contributed by atoms with E-state index in [4.69, 9.17) is 0 Å². The minimum Gasteiger partial charge on any atom is -0.395 e. The molecule has 0 unspecified atom stereocenters. The molecule has 3 aliphatic rings. The number of carbonyl (C=O) groups excluding carboxylic acids is 1. The van der Waals surface area contributed by atoms with Gasteiger partial charge in [0.2, 0.25) is 5.91 Å². The molecule has 4 heteroatoms. The second-order valence-electron chi connectivity index (χ2n) is 7.35. The largest absolute Gasteiger partial charge is 0.395 e. The first-order valence-corrected chi connectivity index (χ1v) is 9.20. The monoisotopic (exact) mass is 326 g/mol. The van der Waals surface area contributed by atoms with Gasteiger partial charge in [0, 0.05) is 30.5 Å². The highest BCUT2D eigenvalue weighted by Gasteiger charge is 2.41. The number of allylic oxidation sites excluding steroid dienone is 2. The molecular formula is C20H26N2O2. The van der Waals surface area contributed by atoms with Crippen LogP contribution in [0.3, 0.4) is 0 Å². The zero-order chi connectivity index (χ0) is 16.5. The molecule has 1 amide bonds. The maximum absolute atomic E-state index is 11.8. The minimum atomic E-state index is 0.0874. The van der Waals surface area contributed by atoms with E-state index >= 15 is 0 Å². The Bertz CT molecular complexity index is 634. The summed E-state index contributed by atoms with van der Waals surface area (Å²) in [4.78, 5) is 11.8. The van der Waals surface area contributed by atoms with E-state index in [1.165, 1.54) is 36.0 Å². The zero-order valence-corrected chi connectivity index (χ0v) is 14.0. The van der Waals surface area contributed by atoms with Gasteiger partial charge in [-0.15, -0.1) is 0 Å². The highest BCUT2D eigenvalue weighted by molar-refractivity contribution is 5.80. The predicted octanol–water partition coefficient (Wildman–Crippen LogP) is 2.20. The highest BCUT2D eigenvalue weighted by Crippen LogP contribution is 2.34. The fraction of sp³-hybridized carbons (Fsp3) is 0.550. The Morgan fingerprint density at radius 3 is 2.62 bits per heavy atom. The van der Waals surface area contributed by atoms with Crippen molar-refractivity contribution in [3.8, 4) is 0 Å². The van der Waals surface area contributed by atoms with Crippen LogP contribution in [0.1, 0.15) is 49.1 Å². The smallest absolute Gasteiger partial charge is 0.223 e. The molecule has 0 spiro atoms. The summed E-state index contributed by atoms with van der Waals surface area (Å²) in [5, 5.41) is 16.0. The molecule has 1 saturated heterocycles. The van der Waals surface area contributed by atoms with E-state index in [0.717, 1.165) is 12.8 Å². The third-order valence-electron chi connectivity index (χ3n) is 5.64. The Morgan fingerprint density at radius 1 is 1.21 bits per heavy atom. The SMILES string of the molecule is O=C(NC[C@H]1N[C@H](CO)[C@@H]1c1ccc(C2=CCCC2)cc1)C1CC1. The molecule has 1 aromatic carbocycles. The first-order chi connectivity index (χ1) is 11.8. The van der Waals surface area contributed by atoms with Gasteiger partial charge in [-0.05, 0) is 48.8 Å². The molecule has 4 rings (SSSR count). The molecule has 1 heterocycles. The molecule has 0 radical (unpaired) electrons. The van der Waals surface area contributed by atoms with Crippen LogP contribution < -0.4 is 10.6 Å². The fourth-order valence-corrected chi connectivity index (χ4v) is 4.01. The predicted molar refractivity (Wildman–Crippen MR) is 94.5 cm³/mol. The van der Waals surface area contributed by atoms with Crippen LogP contribution in [0.5, 0.6) is 0 Å². The van der Waals surface area contributed by atoms with Crippen molar-refractivity contribution >= 4 is 11.5 Å². The molecule has 2 fully saturated rings. The number of aliphatic hydroxyl groups is 1. The summed E-state index contributed by atoms with van der Waals surface area (Å²) in [6.45, 7) is 0.772. The van der Waals surface area contributed by atoms with Crippen molar-refractivity contribution < 1.29 is 9.90 Å². The number of hydrogen-bond acceptors (Lipinski definition) is 3. The van der Waals surface area contributed by atoms with Crippen molar-refractivity contribution in [1.29, 1.82) is 0 Å². The number of rotatable bonds is 6. The lowest BCUT2D eigenvalue weighted by Gasteiger charge is -2.46. The van der Waals surface area contributed by atoms with E-state index in [9.17, 15) is 9.90 Å². The first-order valence-electron chi connectivity index (χ1n) is 9.20. The number of carbonyl (C=O) groups is 1. The molecule has 1 saturated carbocycles. The van der Waals surface area contributed by atoms with Gasteiger partial charge >= 0.3 is 0 Å². The number of nitrogens with one attached hydrogen (secondary N) is 2. The summed E-state index contributed by atoms with van der Waals surface area (Å²) in [6.07, 6.45) is 8.04. The van der Waals surface area contributed by atoms with Gasteiger partial charge in [-0.25, -0.2) is 0 Å². The van der Waals surface area contributed by atoms with Crippen LogP contribution in [-0.2, 0) is 4.79 Å². The second-order valence-corrected chi connectivity index (χ2v) is 7.35. The van der Waals surface area contributed by atoms with Gasteiger partial charge in [0.15, 0.2) is 0 Å². The minimum absolute atomic E-state index is 0.0874. The van der Waals surface area contributed by atoms with Gasteiger partial charge in [0.05, 0.1) is 6.61 Å². The normalized spacial score (nSPS) is 29.0. The van der Waals surface area contributed by atoms with Crippen LogP contribution in [0.15, 0.2) is 30.3 Å². The molecule has 2 aliphatic carbocycles. The van der Waals surface area contributed by atoms with Crippen molar-refractivity contribution in [2.45, 2.75) is 50.1 Å². The standard InChI is InChI=1S/C20H26N2O2/c23-12-18-19(17(22-18)11-21-20(24)16-9-10-16)15-7-5-14(6-8-15)13-3-1-2-4-13/h3,5-8,16-19,22-23H,1-2,4,9-12H2,(H,21,24)/t17-,18-,19-/m1/s1. The van der Waals surface area contributed by atoms with Gasteiger partial charge in [0.1, 0.15) is 0 Å². The molecular weight excluding hydrogens is 300 g/mol. The summed E-state index contributed by atoms with van der Waals surface area (Å²) in [7, 11) is 0. The average Bonchev–Trinajstić information content (AvgIpc) is 3.29. The molecule has 1 aliphatic heterocycles. The second kappa shape index (κ2) is 6.69. The molecule has 0 aromatic heterocycles. The van der Waals surface area contributed by atoms with E-state index in [-0.39, 0.29) is 36.4 Å². The van der Waals surface area contributed by atoms with Crippen molar-refractivity contribution in [2.24, 2.45) is 5.92 Å². The van der Waals surface area contributed by atoms with Crippen molar-refractivity contribution in [3.63, 3.8) is 0 Å². The maximum Gasteiger partial charge on any atom is 0.223 e. The van der Waals surface area contributed by atoms with Crippen LogP contribution >= 0.6 is 0 Å². The Morgan fingerprint density at radius 2 is 2.00 bits per heavy atom. The first kappa shape index (κ1) is 15.9. The lowest BCUT2D eigenvalue weighted by molar-refractivity contribution is -0.122. The number of benzene rings is 1. The summed E-state index contributed by atoms with van der Waals surface area (Å²) in [5.74, 6) is 0.698. The zero-order valence-electron chi connectivity index (χ0n) is 14.0. The van der Waals surface area contributed by atoms with Crippen molar-refractivity contribution in [1.82, 2.24) is 10.6 Å². The Balaban J connectivity index is 1.42. The molecule has 3 N–H and O–H groups in total. The number of aliphatic hydroxyl groups excluding tert-OH is 1. The molecule has 24 heavy (non-hydrogen) atoms. The molecule has 4 nitrogen and oxygen atoms in total. The Labute approximate surface area is 143 Å². The number of amides is 1. The Hall–Kier alpha value is -1.65. The van der Waals surface area contributed by atoms with Gasteiger partial charge < -0.3 is 15.7 Å². The fourth-order valence-electron chi connectivity index (χ4n) is 4.01. The van der Waals surface area contributed by atoms with Gasteiger partial charge in [0.25, 0.3) is 0 Å². The van der Waals surface area contributed by atoms with Crippen LogP contribution in [0.25, 0.3) is 5.57 Å². The quantitative estimate of drug-likeness (QED) is 0.751. The molecule has 1 aromatic rings. The topological polar surface area (TPSA) is 61.4 Å². The highest BCUT2D eigenvalue weighted by atomic mass is 16.3. The average molecular weight is 326 g/mol.